The Morgan fingerprint density at radius 2 is 1.80 bits per heavy atom. The number of carbonyl (C=O) groups excluding carboxylic acids is 1. The van der Waals surface area contributed by atoms with E-state index in [4.69, 9.17) is 0 Å². The first-order chi connectivity index (χ1) is 11.8. The summed E-state index contributed by atoms with van der Waals surface area (Å²) < 4.78 is 1.64. The van der Waals surface area contributed by atoms with E-state index in [-0.39, 0.29) is 22.8 Å². The van der Waals surface area contributed by atoms with E-state index in [9.17, 15) is 9.90 Å². The molecule has 3 rings (SSSR count). The first kappa shape index (κ1) is 16.8. The molecular formula is C20H21N3O2. The van der Waals surface area contributed by atoms with Crippen molar-refractivity contribution in [2.75, 3.05) is 5.32 Å². The zero-order chi connectivity index (χ0) is 18.0. The molecule has 0 aliphatic carbocycles. The van der Waals surface area contributed by atoms with Crippen LogP contribution in [0.3, 0.4) is 0 Å². The zero-order valence-electron chi connectivity index (χ0n) is 14.5. The second-order valence-electron chi connectivity index (χ2n) is 6.92. The highest BCUT2D eigenvalue weighted by Gasteiger charge is 2.17. The molecule has 2 aromatic carbocycles. The summed E-state index contributed by atoms with van der Waals surface area (Å²) in [5.74, 6) is -0.333. The van der Waals surface area contributed by atoms with Crippen molar-refractivity contribution in [1.82, 2.24) is 9.78 Å². The van der Waals surface area contributed by atoms with E-state index in [0.717, 1.165) is 11.3 Å². The lowest BCUT2D eigenvalue weighted by Crippen LogP contribution is -2.15. The number of phenols is 1. The van der Waals surface area contributed by atoms with Crippen molar-refractivity contribution in [2.45, 2.75) is 26.2 Å². The number of amides is 1. The third kappa shape index (κ3) is 3.71. The molecule has 0 aliphatic heterocycles. The number of para-hydroxylation sites is 1. The number of anilines is 1. The van der Waals surface area contributed by atoms with Crippen LogP contribution in [0, 0.1) is 0 Å². The molecule has 0 unspecified atom stereocenters. The van der Waals surface area contributed by atoms with Crippen molar-refractivity contribution in [3.63, 3.8) is 0 Å². The smallest absolute Gasteiger partial charge is 0.276 e. The Morgan fingerprint density at radius 1 is 1.08 bits per heavy atom. The van der Waals surface area contributed by atoms with Crippen molar-refractivity contribution in [1.29, 1.82) is 0 Å². The number of carbonyl (C=O) groups is 1. The van der Waals surface area contributed by atoms with E-state index in [2.05, 4.69) is 31.2 Å². The van der Waals surface area contributed by atoms with Gasteiger partial charge in [0.25, 0.3) is 5.91 Å². The second kappa shape index (κ2) is 6.43. The molecule has 0 aliphatic rings. The molecule has 3 aromatic rings. The Labute approximate surface area is 146 Å². The number of hydrogen-bond donors (Lipinski definition) is 2. The zero-order valence-corrected chi connectivity index (χ0v) is 14.5. The number of rotatable bonds is 3. The van der Waals surface area contributed by atoms with Gasteiger partial charge in [-0.3, -0.25) is 4.79 Å². The van der Waals surface area contributed by atoms with E-state index in [0.29, 0.717) is 5.69 Å². The summed E-state index contributed by atoms with van der Waals surface area (Å²) in [5.41, 5.74) is 2.48. The van der Waals surface area contributed by atoms with E-state index >= 15 is 0 Å². The minimum atomic E-state index is -0.365. The van der Waals surface area contributed by atoms with Gasteiger partial charge >= 0.3 is 0 Å². The summed E-state index contributed by atoms with van der Waals surface area (Å²) in [4.78, 5) is 12.5. The highest BCUT2D eigenvalue weighted by molar-refractivity contribution is 6.03. The Bertz CT molecular complexity index is 893. The molecule has 1 heterocycles. The van der Waals surface area contributed by atoms with Crippen molar-refractivity contribution in [3.05, 3.63) is 72.1 Å². The third-order valence-corrected chi connectivity index (χ3v) is 3.95. The average Bonchev–Trinajstić information content (AvgIpc) is 3.07. The minimum Gasteiger partial charge on any atom is -0.506 e. The Kier molecular flexibility index (Phi) is 4.31. The molecule has 0 saturated heterocycles. The van der Waals surface area contributed by atoms with Crippen LogP contribution in [0.15, 0.2) is 60.8 Å². The van der Waals surface area contributed by atoms with Crippen LogP contribution in [0.1, 0.15) is 36.8 Å². The molecule has 128 valence electrons. The molecule has 0 spiro atoms. The summed E-state index contributed by atoms with van der Waals surface area (Å²) in [6, 6.07) is 16.5. The van der Waals surface area contributed by atoms with E-state index in [1.165, 1.54) is 0 Å². The SMILES string of the molecule is CC(C)(C)c1ccc(O)c(NC(=O)c2ccn(-c3ccccc3)n2)c1. The van der Waals surface area contributed by atoms with Gasteiger partial charge in [-0.25, -0.2) is 4.68 Å². The van der Waals surface area contributed by atoms with Crippen LogP contribution < -0.4 is 5.32 Å². The number of phenolic OH excluding ortho intramolecular Hbond substituents is 1. The Morgan fingerprint density at radius 3 is 2.48 bits per heavy atom. The maximum atomic E-state index is 12.5. The lowest BCUT2D eigenvalue weighted by Gasteiger charge is -2.20. The van der Waals surface area contributed by atoms with Gasteiger partial charge in [0, 0.05) is 6.20 Å². The van der Waals surface area contributed by atoms with Crippen LogP contribution in [0.2, 0.25) is 0 Å². The molecular weight excluding hydrogens is 314 g/mol. The third-order valence-electron chi connectivity index (χ3n) is 3.95. The summed E-state index contributed by atoms with van der Waals surface area (Å²) in [6.07, 6.45) is 1.73. The predicted molar refractivity (Wildman–Crippen MR) is 98.3 cm³/mol. The van der Waals surface area contributed by atoms with Crippen LogP contribution in [0.5, 0.6) is 5.75 Å². The maximum absolute atomic E-state index is 12.5. The number of benzene rings is 2. The number of hydrogen-bond acceptors (Lipinski definition) is 3. The summed E-state index contributed by atoms with van der Waals surface area (Å²) in [5, 5.41) is 17.1. The van der Waals surface area contributed by atoms with Gasteiger partial charge in [0.2, 0.25) is 0 Å². The number of nitrogens with one attached hydrogen (secondary N) is 1. The largest absolute Gasteiger partial charge is 0.506 e. The van der Waals surface area contributed by atoms with Crippen molar-refractivity contribution < 1.29 is 9.90 Å². The van der Waals surface area contributed by atoms with Gasteiger partial charge in [0.15, 0.2) is 5.69 Å². The van der Waals surface area contributed by atoms with Crippen molar-refractivity contribution in [2.24, 2.45) is 0 Å². The Hall–Kier alpha value is -3.08. The first-order valence-electron chi connectivity index (χ1n) is 8.10. The first-order valence-corrected chi connectivity index (χ1v) is 8.10. The van der Waals surface area contributed by atoms with Crippen LogP contribution in [-0.4, -0.2) is 20.8 Å². The molecule has 0 atom stereocenters. The normalized spacial score (nSPS) is 11.3. The fraction of sp³-hybridized carbons (Fsp3) is 0.200. The molecule has 2 N–H and O–H groups in total. The predicted octanol–water partition coefficient (Wildman–Crippen LogP) is 4.13. The topological polar surface area (TPSA) is 67.2 Å². The van der Waals surface area contributed by atoms with Gasteiger partial charge in [-0.1, -0.05) is 45.0 Å². The fourth-order valence-electron chi connectivity index (χ4n) is 2.46. The molecule has 5 nitrogen and oxygen atoms in total. The van der Waals surface area contributed by atoms with Gasteiger partial charge in [-0.2, -0.15) is 5.10 Å². The highest BCUT2D eigenvalue weighted by Crippen LogP contribution is 2.30. The summed E-state index contributed by atoms with van der Waals surface area (Å²) in [7, 11) is 0. The van der Waals surface area contributed by atoms with Gasteiger partial charge in [-0.15, -0.1) is 0 Å². The van der Waals surface area contributed by atoms with Gasteiger partial charge in [0.05, 0.1) is 11.4 Å². The standard InChI is InChI=1S/C20H21N3O2/c1-20(2,3)14-9-10-18(24)17(13-14)21-19(25)16-11-12-23(22-16)15-7-5-4-6-8-15/h4-13,24H,1-3H3,(H,21,25). The van der Waals surface area contributed by atoms with E-state index in [1.54, 1.807) is 29.1 Å². The van der Waals surface area contributed by atoms with E-state index in [1.807, 2.05) is 36.4 Å². The highest BCUT2D eigenvalue weighted by atomic mass is 16.3. The molecule has 1 aromatic heterocycles. The van der Waals surface area contributed by atoms with Crippen LogP contribution in [0.25, 0.3) is 5.69 Å². The summed E-state index contributed by atoms with van der Waals surface area (Å²) in [6.45, 7) is 6.23. The molecule has 0 saturated carbocycles. The maximum Gasteiger partial charge on any atom is 0.276 e. The molecule has 0 bridgehead atoms. The average molecular weight is 335 g/mol. The lowest BCUT2D eigenvalue weighted by molar-refractivity contribution is 0.102. The lowest BCUT2D eigenvalue weighted by atomic mass is 9.87. The number of aromatic hydroxyl groups is 1. The van der Waals surface area contributed by atoms with Crippen LogP contribution in [-0.2, 0) is 5.41 Å². The Balaban J connectivity index is 1.83. The van der Waals surface area contributed by atoms with Gasteiger partial charge < -0.3 is 10.4 Å². The van der Waals surface area contributed by atoms with Gasteiger partial charge in [-0.05, 0) is 41.3 Å². The van der Waals surface area contributed by atoms with Crippen molar-refractivity contribution in [3.8, 4) is 11.4 Å². The van der Waals surface area contributed by atoms with Crippen molar-refractivity contribution >= 4 is 11.6 Å². The fourth-order valence-corrected chi connectivity index (χ4v) is 2.46. The summed E-state index contributed by atoms with van der Waals surface area (Å²) >= 11 is 0. The quantitative estimate of drug-likeness (QED) is 0.707. The van der Waals surface area contributed by atoms with Crippen LogP contribution in [0.4, 0.5) is 5.69 Å². The molecule has 0 radical (unpaired) electrons. The second-order valence-corrected chi connectivity index (χ2v) is 6.92. The molecule has 0 fully saturated rings. The van der Waals surface area contributed by atoms with E-state index < -0.39 is 0 Å². The molecule has 1 amide bonds. The number of nitrogens with zero attached hydrogens (tertiary/aromatic N) is 2. The minimum absolute atomic E-state index is 0.0313. The van der Waals surface area contributed by atoms with Crippen LogP contribution >= 0.6 is 0 Å². The van der Waals surface area contributed by atoms with Gasteiger partial charge in [0.1, 0.15) is 5.75 Å². The monoisotopic (exact) mass is 335 g/mol. The molecule has 25 heavy (non-hydrogen) atoms. The number of aromatic nitrogens is 2. The molecule has 5 heteroatoms.